The van der Waals surface area contributed by atoms with Crippen molar-refractivity contribution in [3.05, 3.63) is 22.6 Å². The molecule has 1 aliphatic heterocycles. The highest BCUT2D eigenvalue weighted by molar-refractivity contribution is 9.10. The fourth-order valence-electron chi connectivity index (χ4n) is 2.85. The maximum absolute atomic E-state index is 11.9. The minimum Gasteiger partial charge on any atom is -0.309 e. The summed E-state index contributed by atoms with van der Waals surface area (Å²) < 4.78 is 26.7. The van der Waals surface area contributed by atoms with Crippen molar-refractivity contribution in [3.63, 3.8) is 0 Å². The molecule has 0 saturated carbocycles. The molecule has 3 heterocycles. The summed E-state index contributed by atoms with van der Waals surface area (Å²) in [5.41, 5.74) is 1.51. The highest BCUT2D eigenvalue weighted by Gasteiger charge is 2.29. The average molecular weight is 393 g/mol. The Hall–Kier alpha value is -0.660. The van der Waals surface area contributed by atoms with Crippen LogP contribution in [0.2, 0.25) is 0 Å². The second kappa shape index (κ2) is 5.85. The van der Waals surface area contributed by atoms with Crippen LogP contribution in [0.4, 0.5) is 0 Å². The van der Waals surface area contributed by atoms with Gasteiger partial charge in [0, 0.05) is 23.0 Å². The lowest BCUT2D eigenvalue weighted by Crippen LogP contribution is -2.28. The molecule has 0 aliphatic carbocycles. The van der Waals surface area contributed by atoms with Gasteiger partial charge < -0.3 is 4.57 Å². The Morgan fingerprint density at radius 1 is 1.48 bits per heavy atom. The van der Waals surface area contributed by atoms with Crippen molar-refractivity contribution in [3.8, 4) is 0 Å². The number of aromatic nitrogens is 3. The smallest absolute Gasteiger partial charge is 0.160 e. The molecular formula is C13H15BrClN3O2S. The molecule has 1 unspecified atom stereocenters. The van der Waals surface area contributed by atoms with E-state index in [4.69, 9.17) is 11.6 Å². The van der Waals surface area contributed by atoms with Gasteiger partial charge in [0.25, 0.3) is 0 Å². The number of rotatable bonds is 3. The zero-order chi connectivity index (χ0) is 15.0. The number of nitrogens with zero attached hydrogens (tertiary/aromatic N) is 3. The number of hydrogen-bond donors (Lipinski definition) is 0. The van der Waals surface area contributed by atoms with Crippen molar-refractivity contribution >= 4 is 48.5 Å². The molecule has 0 amide bonds. The molecule has 2 aromatic rings. The first-order chi connectivity index (χ1) is 10.00. The Bertz CT molecular complexity index is 775. The first-order valence-electron chi connectivity index (χ1n) is 6.79. The van der Waals surface area contributed by atoms with Gasteiger partial charge in [-0.2, -0.15) is 0 Å². The summed E-state index contributed by atoms with van der Waals surface area (Å²) in [7, 11) is -2.99. The zero-order valence-electron chi connectivity index (χ0n) is 11.3. The molecular weight excluding hydrogens is 378 g/mol. The van der Waals surface area contributed by atoms with Crippen LogP contribution in [0.1, 0.15) is 24.7 Å². The fourth-order valence-corrected chi connectivity index (χ4v) is 5.01. The third-order valence-electron chi connectivity index (χ3n) is 3.69. The van der Waals surface area contributed by atoms with Crippen molar-refractivity contribution in [2.75, 3.05) is 17.4 Å². The molecule has 1 atom stereocenters. The fraction of sp³-hybridized carbons (Fsp3) is 0.538. The number of imidazole rings is 1. The second-order valence-corrected chi connectivity index (χ2v) is 8.77. The standard InChI is InChI=1S/C13H15BrClN3O2S/c14-9-6-11-13(16-7-9)18(12(17-11)3-4-15)10-2-1-5-21(19,20)8-10/h6-7,10H,1-5,8H2. The molecule has 1 fully saturated rings. The van der Waals surface area contributed by atoms with E-state index >= 15 is 0 Å². The first-order valence-corrected chi connectivity index (χ1v) is 9.94. The van der Waals surface area contributed by atoms with Crippen molar-refractivity contribution in [2.45, 2.75) is 25.3 Å². The molecule has 1 saturated heterocycles. The van der Waals surface area contributed by atoms with Gasteiger partial charge in [0.05, 0.1) is 17.5 Å². The van der Waals surface area contributed by atoms with E-state index in [0.29, 0.717) is 18.7 Å². The summed E-state index contributed by atoms with van der Waals surface area (Å²) in [4.78, 5) is 9.00. The van der Waals surface area contributed by atoms with E-state index in [1.54, 1.807) is 6.20 Å². The van der Waals surface area contributed by atoms with Crippen LogP contribution in [0.25, 0.3) is 11.2 Å². The van der Waals surface area contributed by atoms with Gasteiger partial charge >= 0.3 is 0 Å². The zero-order valence-corrected chi connectivity index (χ0v) is 14.5. The predicted molar refractivity (Wildman–Crippen MR) is 86.6 cm³/mol. The van der Waals surface area contributed by atoms with Crippen LogP contribution >= 0.6 is 27.5 Å². The molecule has 8 heteroatoms. The van der Waals surface area contributed by atoms with Crippen LogP contribution in [0.15, 0.2) is 16.7 Å². The maximum atomic E-state index is 11.9. The van der Waals surface area contributed by atoms with Crippen LogP contribution in [0, 0.1) is 0 Å². The number of pyridine rings is 1. The summed E-state index contributed by atoms with van der Waals surface area (Å²) in [6.07, 6.45) is 3.83. The van der Waals surface area contributed by atoms with Gasteiger partial charge in [-0.3, -0.25) is 0 Å². The van der Waals surface area contributed by atoms with Gasteiger partial charge in [-0.05, 0) is 34.8 Å². The van der Waals surface area contributed by atoms with Crippen molar-refractivity contribution in [2.24, 2.45) is 0 Å². The predicted octanol–water partition coefficient (Wildman–Crippen LogP) is 2.72. The molecule has 3 rings (SSSR count). The lowest BCUT2D eigenvalue weighted by atomic mass is 10.2. The lowest BCUT2D eigenvalue weighted by Gasteiger charge is -2.25. The molecule has 0 bridgehead atoms. The molecule has 21 heavy (non-hydrogen) atoms. The lowest BCUT2D eigenvalue weighted by molar-refractivity contribution is 0.466. The molecule has 0 N–H and O–H groups in total. The Morgan fingerprint density at radius 3 is 3.00 bits per heavy atom. The molecule has 2 aromatic heterocycles. The highest BCUT2D eigenvalue weighted by Crippen LogP contribution is 2.29. The minimum absolute atomic E-state index is 0.0966. The molecule has 1 aliphatic rings. The summed E-state index contributed by atoms with van der Waals surface area (Å²) in [5.74, 6) is 1.70. The van der Waals surface area contributed by atoms with Gasteiger partial charge in [0.15, 0.2) is 15.5 Å². The van der Waals surface area contributed by atoms with Crippen LogP contribution in [0.5, 0.6) is 0 Å². The third-order valence-corrected chi connectivity index (χ3v) is 6.12. The van der Waals surface area contributed by atoms with Crippen LogP contribution < -0.4 is 0 Å². The second-order valence-electron chi connectivity index (χ2n) is 5.24. The third kappa shape index (κ3) is 3.10. The van der Waals surface area contributed by atoms with Gasteiger partial charge in [0.1, 0.15) is 11.3 Å². The van der Waals surface area contributed by atoms with Crippen LogP contribution in [-0.4, -0.2) is 40.3 Å². The normalized spacial score (nSPS) is 21.7. The van der Waals surface area contributed by atoms with Crippen LogP contribution in [0.3, 0.4) is 0 Å². The Labute approximate surface area is 136 Å². The SMILES string of the molecule is O=S1(=O)CCCC(n2c(CCCl)nc3cc(Br)cnc32)C1. The van der Waals surface area contributed by atoms with E-state index in [1.807, 2.05) is 10.6 Å². The minimum atomic E-state index is -2.99. The first kappa shape index (κ1) is 15.2. The van der Waals surface area contributed by atoms with E-state index in [-0.39, 0.29) is 17.5 Å². The van der Waals surface area contributed by atoms with E-state index in [2.05, 4.69) is 25.9 Å². The highest BCUT2D eigenvalue weighted by atomic mass is 79.9. The van der Waals surface area contributed by atoms with Crippen molar-refractivity contribution < 1.29 is 8.42 Å². The number of halogens is 2. The van der Waals surface area contributed by atoms with Crippen molar-refractivity contribution in [1.82, 2.24) is 14.5 Å². The summed E-state index contributed by atoms with van der Waals surface area (Å²) in [5, 5.41) is 0. The van der Waals surface area contributed by atoms with E-state index in [1.165, 1.54) is 0 Å². The topological polar surface area (TPSA) is 64.8 Å². The number of hydrogen-bond acceptors (Lipinski definition) is 4. The van der Waals surface area contributed by atoms with E-state index < -0.39 is 9.84 Å². The monoisotopic (exact) mass is 391 g/mol. The van der Waals surface area contributed by atoms with Gasteiger partial charge in [-0.25, -0.2) is 18.4 Å². The molecule has 5 nitrogen and oxygen atoms in total. The van der Waals surface area contributed by atoms with Gasteiger partial charge in [-0.1, -0.05) is 0 Å². The Kier molecular flexibility index (Phi) is 4.25. The van der Waals surface area contributed by atoms with Gasteiger partial charge in [0.2, 0.25) is 0 Å². The van der Waals surface area contributed by atoms with Gasteiger partial charge in [-0.15, -0.1) is 11.6 Å². The largest absolute Gasteiger partial charge is 0.309 e. The Morgan fingerprint density at radius 2 is 2.29 bits per heavy atom. The molecule has 114 valence electrons. The quantitative estimate of drug-likeness (QED) is 0.753. The molecule has 0 spiro atoms. The van der Waals surface area contributed by atoms with Crippen molar-refractivity contribution in [1.29, 1.82) is 0 Å². The van der Waals surface area contributed by atoms with E-state index in [0.717, 1.165) is 27.9 Å². The Balaban J connectivity index is 2.12. The van der Waals surface area contributed by atoms with Crippen LogP contribution in [-0.2, 0) is 16.3 Å². The average Bonchev–Trinajstić information content (AvgIpc) is 2.75. The summed E-state index contributed by atoms with van der Waals surface area (Å²) in [6.45, 7) is 0. The van der Waals surface area contributed by atoms with E-state index in [9.17, 15) is 8.42 Å². The molecule has 0 aromatic carbocycles. The maximum Gasteiger partial charge on any atom is 0.160 e. The number of fused-ring (bicyclic) bond motifs is 1. The number of alkyl halides is 1. The summed E-state index contributed by atoms with van der Waals surface area (Å²) >= 11 is 9.25. The number of sulfone groups is 1. The number of aryl methyl sites for hydroxylation is 1. The molecule has 0 radical (unpaired) electrons. The summed E-state index contributed by atoms with van der Waals surface area (Å²) in [6, 6.07) is 1.80.